The Hall–Kier alpha value is -5.87. The molecule has 2 heterocycles. The van der Waals surface area contributed by atoms with Crippen molar-refractivity contribution in [3.63, 3.8) is 0 Å². The minimum Gasteiger partial charge on any atom is -0.456 e. The van der Waals surface area contributed by atoms with E-state index in [4.69, 9.17) is 19.4 Å². The molecule has 49 heavy (non-hydrogen) atoms. The fraction of sp³-hybridized carbons (Fsp3) is 0.133. The lowest BCUT2D eigenvalue weighted by molar-refractivity contribution is 0.353. The second-order valence-electron chi connectivity index (χ2n) is 13.5. The topological polar surface area (TPSA) is 51.8 Å². The second kappa shape index (κ2) is 11.1. The molecule has 10 rings (SSSR count). The highest BCUT2D eigenvalue weighted by Gasteiger charge is 2.43. The van der Waals surface area contributed by atoms with Crippen molar-refractivity contribution in [1.82, 2.24) is 15.0 Å². The van der Waals surface area contributed by atoms with Gasteiger partial charge in [0.05, 0.1) is 0 Å². The average molecular weight is 632 g/mol. The van der Waals surface area contributed by atoms with Crippen molar-refractivity contribution in [1.29, 1.82) is 0 Å². The van der Waals surface area contributed by atoms with Gasteiger partial charge in [0.2, 0.25) is 0 Å². The summed E-state index contributed by atoms with van der Waals surface area (Å²) < 4.78 is 6.23. The van der Waals surface area contributed by atoms with Crippen LogP contribution in [0.5, 0.6) is 0 Å². The molecular formula is C45H33N3O. The zero-order valence-corrected chi connectivity index (χ0v) is 27.1. The summed E-state index contributed by atoms with van der Waals surface area (Å²) in [6.45, 7) is 0. The summed E-state index contributed by atoms with van der Waals surface area (Å²) in [6, 6.07) is 49.4. The van der Waals surface area contributed by atoms with E-state index < -0.39 is 0 Å². The molecule has 2 aliphatic carbocycles. The van der Waals surface area contributed by atoms with Gasteiger partial charge in [-0.1, -0.05) is 128 Å². The first kappa shape index (κ1) is 28.2. The standard InChI is InChI=1S/C45H33N3O/c1-3-12-29(13-4-1)42-46-43(48-44(47-42)33-21-23-37-36-17-6-8-19-40(36)49-41(37)28-33)32-15-11-14-30(26-32)31-20-22-35-34-16-5-7-18-38(34)45(39(35)27-31)24-9-2-10-25-45/h1,3-8,11-23,26-28H,2,9-10,24-25H2. The largest absolute Gasteiger partial charge is 0.456 e. The predicted octanol–water partition coefficient (Wildman–Crippen LogP) is 11.7. The summed E-state index contributed by atoms with van der Waals surface area (Å²) >= 11 is 0. The van der Waals surface area contributed by atoms with Crippen LogP contribution in [0.4, 0.5) is 0 Å². The molecule has 0 bridgehead atoms. The van der Waals surface area contributed by atoms with Crippen molar-refractivity contribution in [2.75, 3.05) is 0 Å². The van der Waals surface area contributed by atoms with Crippen molar-refractivity contribution in [2.45, 2.75) is 37.5 Å². The average Bonchev–Trinajstić information content (AvgIpc) is 3.68. The molecule has 8 aromatic rings. The van der Waals surface area contributed by atoms with Crippen molar-refractivity contribution < 1.29 is 4.42 Å². The van der Waals surface area contributed by atoms with Crippen LogP contribution in [0.25, 0.3) is 78.4 Å². The van der Waals surface area contributed by atoms with Crippen molar-refractivity contribution in [3.05, 3.63) is 151 Å². The van der Waals surface area contributed by atoms with Gasteiger partial charge in [0.25, 0.3) is 0 Å². The SMILES string of the molecule is c1ccc(-c2nc(-c3cccc(-c4ccc5c(c4)C4(CCCCC4)c4ccccc4-5)c3)nc(-c3ccc4c(c3)oc3ccccc34)n2)cc1. The van der Waals surface area contributed by atoms with Gasteiger partial charge in [-0.05, 0) is 76.6 Å². The van der Waals surface area contributed by atoms with Gasteiger partial charge in [-0.2, -0.15) is 0 Å². The summed E-state index contributed by atoms with van der Waals surface area (Å²) in [7, 11) is 0. The van der Waals surface area contributed by atoms with E-state index in [1.165, 1.54) is 59.9 Å². The third-order valence-electron chi connectivity index (χ3n) is 10.7. The molecule has 6 aromatic carbocycles. The van der Waals surface area contributed by atoms with Crippen LogP contribution in [0.1, 0.15) is 43.2 Å². The van der Waals surface area contributed by atoms with E-state index in [9.17, 15) is 0 Å². The third-order valence-corrected chi connectivity index (χ3v) is 10.7. The smallest absolute Gasteiger partial charge is 0.164 e. The van der Waals surface area contributed by atoms with Gasteiger partial charge in [-0.15, -0.1) is 0 Å². The summed E-state index contributed by atoms with van der Waals surface area (Å²) in [6.07, 6.45) is 6.32. The maximum atomic E-state index is 6.23. The molecule has 0 radical (unpaired) electrons. The minimum absolute atomic E-state index is 0.117. The van der Waals surface area contributed by atoms with Crippen LogP contribution in [-0.4, -0.2) is 15.0 Å². The first-order valence-corrected chi connectivity index (χ1v) is 17.3. The quantitative estimate of drug-likeness (QED) is 0.194. The van der Waals surface area contributed by atoms with Gasteiger partial charge < -0.3 is 4.42 Å². The molecule has 0 N–H and O–H groups in total. The van der Waals surface area contributed by atoms with Gasteiger partial charge in [0, 0.05) is 32.9 Å². The van der Waals surface area contributed by atoms with Crippen molar-refractivity contribution >= 4 is 21.9 Å². The summed E-state index contributed by atoms with van der Waals surface area (Å²) in [5, 5.41) is 2.18. The van der Waals surface area contributed by atoms with Crippen LogP contribution in [0.3, 0.4) is 0 Å². The summed E-state index contributed by atoms with van der Waals surface area (Å²) in [5.74, 6) is 1.91. The lowest BCUT2D eigenvalue weighted by Gasteiger charge is -2.36. The molecule has 1 saturated carbocycles. The first-order valence-electron chi connectivity index (χ1n) is 17.3. The Morgan fingerprint density at radius 1 is 0.408 bits per heavy atom. The first-order chi connectivity index (χ1) is 24.2. The number of benzene rings is 6. The second-order valence-corrected chi connectivity index (χ2v) is 13.5. The predicted molar refractivity (Wildman–Crippen MR) is 198 cm³/mol. The molecule has 234 valence electrons. The fourth-order valence-corrected chi connectivity index (χ4v) is 8.38. The summed E-state index contributed by atoms with van der Waals surface area (Å²) in [4.78, 5) is 15.1. The minimum atomic E-state index is 0.117. The van der Waals surface area contributed by atoms with Crippen molar-refractivity contribution in [3.8, 4) is 56.4 Å². The maximum absolute atomic E-state index is 6.23. The van der Waals surface area contributed by atoms with Crippen LogP contribution < -0.4 is 0 Å². The number of hydrogen-bond donors (Lipinski definition) is 0. The van der Waals surface area contributed by atoms with E-state index in [-0.39, 0.29) is 5.41 Å². The van der Waals surface area contributed by atoms with Crippen LogP contribution in [0.2, 0.25) is 0 Å². The summed E-state index contributed by atoms with van der Waals surface area (Å²) in [5.41, 5.74) is 12.8. The van der Waals surface area contributed by atoms with E-state index in [2.05, 4.69) is 84.9 Å². The van der Waals surface area contributed by atoms with Gasteiger partial charge in [-0.25, -0.2) is 15.0 Å². The Bertz CT molecular complexity index is 2540. The van der Waals surface area contributed by atoms with Crippen LogP contribution in [0, 0.1) is 0 Å². The highest BCUT2D eigenvalue weighted by atomic mass is 16.3. The number of nitrogens with zero attached hydrogens (tertiary/aromatic N) is 3. The highest BCUT2D eigenvalue weighted by molar-refractivity contribution is 6.05. The van der Waals surface area contributed by atoms with E-state index in [1.54, 1.807) is 0 Å². The lowest BCUT2D eigenvalue weighted by Crippen LogP contribution is -2.28. The van der Waals surface area contributed by atoms with Crippen molar-refractivity contribution in [2.24, 2.45) is 0 Å². The molecule has 4 nitrogen and oxygen atoms in total. The van der Waals surface area contributed by atoms with Gasteiger partial charge in [0.15, 0.2) is 17.5 Å². The Morgan fingerprint density at radius 3 is 1.88 bits per heavy atom. The molecular weight excluding hydrogens is 599 g/mol. The molecule has 1 fully saturated rings. The number of fused-ring (bicyclic) bond motifs is 8. The van der Waals surface area contributed by atoms with Crippen LogP contribution >= 0.6 is 0 Å². The molecule has 1 spiro atoms. The van der Waals surface area contributed by atoms with E-state index in [0.717, 1.165) is 44.2 Å². The molecule has 0 aliphatic heterocycles. The molecule has 2 aromatic heterocycles. The third kappa shape index (κ3) is 4.55. The molecule has 4 heteroatoms. The Kier molecular flexibility index (Phi) is 6.38. The number of hydrogen-bond acceptors (Lipinski definition) is 4. The van der Waals surface area contributed by atoms with Gasteiger partial charge >= 0.3 is 0 Å². The molecule has 2 aliphatic rings. The number of furan rings is 1. The monoisotopic (exact) mass is 631 g/mol. The fourth-order valence-electron chi connectivity index (χ4n) is 8.38. The zero-order chi connectivity index (χ0) is 32.4. The molecule has 0 unspecified atom stereocenters. The maximum Gasteiger partial charge on any atom is 0.164 e. The Labute approximate surface area is 285 Å². The molecule has 0 amide bonds. The highest BCUT2D eigenvalue weighted by Crippen LogP contribution is 2.56. The normalized spacial score (nSPS) is 14.7. The van der Waals surface area contributed by atoms with E-state index in [1.807, 2.05) is 54.6 Å². The van der Waals surface area contributed by atoms with E-state index in [0.29, 0.717) is 17.5 Å². The Morgan fingerprint density at radius 2 is 1.02 bits per heavy atom. The van der Waals surface area contributed by atoms with Crippen LogP contribution in [-0.2, 0) is 5.41 Å². The van der Waals surface area contributed by atoms with E-state index >= 15 is 0 Å². The van der Waals surface area contributed by atoms with Gasteiger partial charge in [-0.3, -0.25) is 0 Å². The number of rotatable bonds is 4. The number of aromatic nitrogens is 3. The molecule has 0 saturated heterocycles. The van der Waals surface area contributed by atoms with Gasteiger partial charge in [0.1, 0.15) is 11.2 Å². The number of para-hydroxylation sites is 1. The Balaban J connectivity index is 1.09. The van der Waals surface area contributed by atoms with Crippen LogP contribution in [0.15, 0.2) is 144 Å². The molecule has 0 atom stereocenters. The zero-order valence-electron chi connectivity index (χ0n) is 27.1. The lowest BCUT2D eigenvalue weighted by atomic mass is 9.67.